The van der Waals surface area contributed by atoms with E-state index in [9.17, 15) is 19.5 Å². The van der Waals surface area contributed by atoms with E-state index in [4.69, 9.17) is 14.2 Å². The standard InChI is InChI=1S/C26H31FO7/c1-22(2)32-19-11-14-15-10-17(27)16-9-13(28)7-8-23(16,3)25(15)20(33-25)12-24(14,4)26(19,34-22)18(29)5-6-21(30)31/h7-9,14-15,17,19-20H,5-6,10-12H2,1-4H3,(H,30,31)/t14-,15-,17?,19?,20-,23-,24-,25+,26+/m0/s1. The number of hydrogen-bond acceptors (Lipinski definition) is 6. The molecule has 3 saturated carbocycles. The maximum absolute atomic E-state index is 15.7. The van der Waals surface area contributed by atoms with Gasteiger partial charge in [0.1, 0.15) is 11.8 Å². The Morgan fingerprint density at radius 1 is 1.09 bits per heavy atom. The number of rotatable bonds is 4. The molecule has 7 nitrogen and oxygen atoms in total. The monoisotopic (exact) mass is 474 g/mol. The van der Waals surface area contributed by atoms with Gasteiger partial charge in [-0.05, 0) is 69.6 Å². The van der Waals surface area contributed by atoms with Crippen LogP contribution in [0.2, 0.25) is 0 Å². The minimum absolute atomic E-state index is 0.108. The van der Waals surface area contributed by atoms with Crippen LogP contribution in [0.3, 0.4) is 0 Å². The van der Waals surface area contributed by atoms with Gasteiger partial charge in [-0.2, -0.15) is 0 Å². The van der Waals surface area contributed by atoms with Crippen molar-refractivity contribution in [3.8, 4) is 0 Å². The average molecular weight is 475 g/mol. The molecule has 1 N–H and O–H groups in total. The number of carbonyl (C=O) groups is 3. The molecule has 4 aliphatic carbocycles. The van der Waals surface area contributed by atoms with Crippen molar-refractivity contribution in [2.45, 2.75) is 95.2 Å². The number of aliphatic carboxylic acids is 1. The zero-order valence-corrected chi connectivity index (χ0v) is 19.9. The predicted molar refractivity (Wildman–Crippen MR) is 116 cm³/mol. The molecule has 5 fully saturated rings. The first-order chi connectivity index (χ1) is 15.8. The number of carboxylic acid groups (broad SMARTS) is 1. The molecular formula is C26H31FO7. The number of hydrogen-bond donors (Lipinski definition) is 1. The summed E-state index contributed by atoms with van der Waals surface area (Å²) >= 11 is 0. The van der Waals surface area contributed by atoms with Gasteiger partial charge in [0.05, 0.1) is 18.6 Å². The van der Waals surface area contributed by atoms with E-state index in [0.29, 0.717) is 18.4 Å². The Hall–Kier alpha value is -1.90. The first kappa shape index (κ1) is 22.6. The zero-order chi connectivity index (χ0) is 24.5. The van der Waals surface area contributed by atoms with Crippen LogP contribution < -0.4 is 0 Å². The van der Waals surface area contributed by atoms with E-state index in [1.165, 1.54) is 12.2 Å². The van der Waals surface area contributed by atoms with Gasteiger partial charge in [-0.1, -0.05) is 13.0 Å². The third-order valence-electron chi connectivity index (χ3n) is 9.89. The lowest BCUT2D eigenvalue weighted by Crippen LogP contribution is -2.64. The summed E-state index contributed by atoms with van der Waals surface area (Å²) in [6.45, 7) is 7.53. The summed E-state index contributed by atoms with van der Waals surface area (Å²) in [7, 11) is 0. The number of allylic oxidation sites excluding steroid dienone is 2. The molecule has 6 rings (SSSR count). The number of Topliss-reactive ketones (excluding diaryl/α,β-unsaturated/α-hetero) is 1. The van der Waals surface area contributed by atoms with Crippen LogP contribution in [0.15, 0.2) is 23.8 Å². The molecule has 0 aromatic carbocycles. The van der Waals surface area contributed by atoms with Gasteiger partial charge in [-0.15, -0.1) is 0 Å². The van der Waals surface area contributed by atoms with Gasteiger partial charge >= 0.3 is 5.97 Å². The summed E-state index contributed by atoms with van der Waals surface area (Å²) < 4.78 is 34.9. The molecule has 1 spiro atoms. The van der Waals surface area contributed by atoms with Crippen LogP contribution in [0, 0.1) is 22.7 Å². The summed E-state index contributed by atoms with van der Waals surface area (Å²) in [5.74, 6) is -2.78. The highest BCUT2D eigenvalue weighted by atomic mass is 19.1. The topological polar surface area (TPSA) is 102 Å². The lowest BCUT2D eigenvalue weighted by atomic mass is 9.46. The number of ketones is 2. The quantitative estimate of drug-likeness (QED) is 0.624. The van der Waals surface area contributed by atoms with Gasteiger partial charge in [0.15, 0.2) is 23.0 Å². The first-order valence-corrected chi connectivity index (χ1v) is 12.2. The maximum Gasteiger partial charge on any atom is 0.303 e. The predicted octanol–water partition coefficient (Wildman–Crippen LogP) is 3.31. The summed E-state index contributed by atoms with van der Waals surface area (Å²) in [6.07, 6.45) is 3.58. The van der Waals surface area contributed by atoms with Crippen LogP contribution in [-0.4, -0.2) is 58.0 Å². The summed E-state index contributed by atoms with van der Waals surface area (Å²) in [5.41, 5.74) is -2.85. The number of fused-ring (bicyclic) bond motifs is 5. The number of alkyl halides is 1. The number of carboxylic acids is 1. The molecule has 0 aromatic rings. The highest BCUT2D eigenvalue weighted by Crippen LogP contribution is 2.77. The van der Waals surface area contributed by atoms with E-state index >= 15 is 4.39 Å². The molecule has 184 valence electrons. The average Bonchev–Trinajstić information content (AvgIpc) is 3.32. The normalized spacial score (nSPS) is 51.5. The molecule has 0 aromatic heterocycles. The fraction of sp³-hybridized carbons (Fsp3) is 0.731. The lowest BCUT2D eigenvalue weighted by Gasteiger charge is -2.56. The van der Waals surface area contributed by atoms with Gasteiger partial charge in [0, 0.05) is 17.3 Å². The number of carbonyl (C=O) groups excluding carboxylic acids is 2. The van der Waals surface area contributed by atoms with Crippen molar-refractivity contribution in [2.24, 2.45) is 22.7 Å². The van der Waals surface area contributed by atoms with Crippen LogP contribution in [0.4, 0.5) is 4.39 Å². The van der Waals surface area contributed by atoms with Crippen molar-refractivity contribution in [3.63, 3.8) is 0 Å². The molecule has 2 aliphatic heterocycles. The summed E-state index contributed by atoms with van der Waals surface area (Å²) in [5, 5.41) is 9.21. The van der Waals surface area contributed by atoms with E-state index in [1.54, 1.807) is 13.8 Å². The van der Waals surface area contributed by atoms with Crippen molar-refractivity contribution in [3.05, 3.63) is 23.8 Å². The third-order valence-corrected chi connectivity index (χ3v) is 9.89. The lowest BCUT2D eigenvalue weighted by molar-refractivity contribution is -0.211. The van der Waals surface area contributed by atoms with Gasteiger partial charge in [-0.25, -0.2) is 4.39 Å². The van der Waals surface area contributed by atoms with E-state index in [-0.39, 0.29) is 48.8 Å². The van der Waals surface area contributed by atoms with E-state index in [1.807, 2.05) is 19.9 Å². The number of halogens is 1. The van der Waals surface area contributed by atoms with Crippen molar-refractivity contribution in [1.82, 2.24) is 0 Å². The molecule has 2 heterocycles. The molecule has 6 aliphatic rings. The zero-order valence-electron chi connectivity index (χ0n) is 19.9. The molecule has 9 atom stereocenters. The molecule has 2 saturated heterocycles. The fourth-order valence-electron chi connectivity index (χ4n) is 8.64. The summed E-state index contributed by atoms with van der Waals surface area (Å²) in [6, 6.07) is 0. The van der Waals surface area contributed by atoms with Crippen molar-refractivity contribution >= 4 is 17.5 Å². The van der Waals surface area contributed by atoms with Gasteiger partial charge in [0.2, 0.25) is 0 Å². The molecule has 8 heteroatoms. The Bertz CT molecular complexity index is 1080. The van der Waals surface area contributed by atoms with Gasteiger partial charge < -0.3 is 19.3 Å². The second-order valence-electron chi connectivity index (χ2n) is 11.9. The Balaban J connectivity index is 1.43. The fourth-order valence-corrected chi connectivity index (χ4v) is 8.64. The van der Waals surface area contributed by atoms with Gasteiger partial charge in [-0.3, -0.25) is 14.4 Å². The molecule has 0 bridgehead atoms. The maximum atomic E-state index is 15.7. The Morgan fingerprint density at radius 3 is 2.53 bits per heavy atom. The Kier molecular flexibility index (Phi) is 4.28. The highest BCUT2D eigenvalue weighted by molar-refractivity contribution is 6.01. The minimum Gasteiger partial charge on any atom is -0.481 e. The van der Waals surface area contributed by atoms with Crippen LogP contribution >= 0.6 is 0 Å². The highest BCUT2D eigenvalue weighted by Gasteiger charge is 2.85. The van der Waals surface area contributed by atoms with Crippen molar-refractivity contribution < 1.29 is 38.1 Å². The van der Waals surface area contributed by atoms with Gasteiger partial charge in [0.25, 0.3) is 0 Å². The Morgan fingerprint density at radius 2 is 1.82 bits per heavy atom. The smallest absolute Gasteiger partial charge is 0.303 e. The molecule has 0 amide bonds. The molecule has 34 heavy (non-hydrogen) atoms. The number of epoxide rings is 1. The SMILES string of the molecule is CC1(C)OC2C[C@H]3[C@@H]4CC(F)C5=CC(=O)C=C[C@]5(C)[C@@]45O[C@H]5C[C@]3(C)[C@]2(C(=O)CCC(=O)O)O1. The van der Waals surface area contributed by atoms with Crippen LogP contribution in [0.5, 0.6) is 0 Å². The number of ether oxygens (including phenoxy) is 3. The minimum atomic E-state index is -1.30. The van der Waals surface area contributed by atoms with Crippen molar-refractivity contribution in [1.29, 1.82) is 0 Å². The van der Waals surface area contributed by atoms with E-state index in [2.05, 4.69) is 0 Å². The third kappa shape index (κ3) is 2.45. The van der Waals surface area contributed by atoms with Crippen LogP contribution in [0.25, 0.3) is 0 Å². The summed E-state index contributed by atoms with van der Waals surface area (Å²) in [4.78, 5) is 37.0. The van der Waals surface area contributed by atoms with Crippen LogP contribution in [0.1, 0.15) is 59.8 Å². The van der Waals surface area contributed by atoms with E-state index in [0.717, 1.165) is 0 Å². The second-order valence-corrected chi connectivity index (χ2v) is 11.9. The second kappa shape index (κ2) is 6.45. The molecule has 2 unspecified atom stereocenters. The molecular weight excluding hydrogens is 443 g/mol. The first-order valence-electron chi connectivity index (χ1n) is 12.2. The largest absolute Gasteiger partial charge is 0.481 e. The van der Waals surface area contributed by atoms with E-state index < -0.39 is 46.1 Å². The van der Waals surface area contributed by atoms with Crippen LogP contribution in [-0.2, 0) is 28.6 Å². The Labute approximate surface area is 197 Å². The molecule has 0 radical (unpaired) electrons. The van der Waals surface area contributed by atoms with Crippen molar-refractivity contribution in [2.75, 3.05) is 0 Å².